The maximum absolute atomic E-state index is 11.1. The molecule has 3 rings (SSSR count). The average molecular weight is 208 g/mol. The van der Waals surface area contributed by atoms with E-state index in [0.29, 0.717) is 0 Å². The van der Waals surface area contributed by atoms with E-state index in [1.807, 2.05) is 12.1 Å². The van der Waals surface area contributed by atoms with E-state index in [9.17, 15) is 4.79 Å². The van der Waals surface area contributed by atoms with Gasteiger partial charge in [0.1, 0.15) is 6.29 Å². The van der Waals surface area contributed by atoms with E-state index in [2.05, 4.69) is 36.4 Å². The van der Waals surface area contributed by atoms with Crippen LogP contribution in [0.15, 0.2) is 42.5 Å². The van der Waals surface area contributed by atoms with Crippen LogP contribution in [0.3, 0.4) is 0 Å². The van der Waals surface area contributed by atoms with Gasteiger partial charge in [0.2, 0.25) is 0 Å². The molecule has 0 amide bonds. The van der Waals surface area contributed by atoms with Crippen molar-refractivity contribution in [1.29, 1.82) is 0 Å². The Kier molecular flexibility index (Phi) is 2.10. The van der Waals surface area contributed by atoms with E-state index in [1.165, 1.54) is 21.9 Å². The molecule has 1 aliphatic carbocycles. The Balaban J connectivity index is 2.39. The highest BCUT2D eigenvalue weighted by Crippen LogP contribution is 2.34. The van der Waals surface area contributed by atoms with Crippen LogP contribution < -0.4 is 0 Å². The normalized spacial score (nSPS) is 18.4. The molecule has 1 heteroatoms. The van der Waals surface area contributed by atoms with Crippen molar-refractivity contribution in [2.75, 3.05) is 0 Å². The maximum atomic E-state index is 11.1. The number of benzene rings is 2. The Morgan fingerprint density at radius 3 is 2.88 bits per heavy atom. The number of fused-ring (bicyclic) bond motifs is 3. The fourth-order valence-corrected chi connectivity index (χ4v) is 2.45. The first kappa shape index (κ1) is 9.34. The van der Waals surface area contributed by atoms with Crippen LogP contribution in [0.25, 0.3) is 16.8 Å². The van der Waals surface area contributed by atoms with Crippen molar-refractivity contribution in [1.82, 2.24) is 0 Å². The molecule has 0 aliphatic heterocycles. The van der Waals surface area contributed by atoms with Gasteiger partial charge in [0.15, 0.2) is 0 Å². The highest BCUT2D eigenvalue weighted by molar-refractivity contribution is 5.92. The molecule has 1 nitrogen and oxygen atoms in total. The smallest absolute Gasteiger partial charge is 0.127 e. The van der Waals surface area contributed by atoms with Gasteiger partial charge in [-0.1, -0.05) is 48.6 Å². The molecule has 1 unspecified atom stereocenters. The van der Waals surface area contributed by atoms with Gasteiger partial charge in [0, 0.05) is 5.92 Å². The quantitative estimate of drug-likeness (QED) is 0.655. The standard InChI is InChI=1S/C15H12O/c16-10-13-6-3-5-12-9-8-11-4-1-2-7-14(11)15(12)13/h1-5,7-10,13H,6H2. The average Bonchev–Trinajstić information content (AvgIpc) is 2.37. The second-order valence-electron chi connectivity index (χ2n) is 4.17. The summed E-state index contributed by atoms with van der Waals surface area (Å²) in [6.45, 7) is 0. The van der Waals surface area contributed by atoms with Gasteiger partial charge in [-0.25, -0.2) is 0 Å². The molecule has 0 aromatic heterocycles. The Bertz CT molecular complexity index is 581. The summed E-state index contributed by atoms with van der Waals surface area (Å²) >= 11 is 0. The largest absolute Gasteiger partial charge is 0.303 e. The molecule has 0 spiro atoms. The van der Waals surface area contributed by atoms with Crippen LogP contribution in [0.2, 0.25) is 0 Å². The van der Waals surface area contributed by atoms with Crippen LogP contribution in [0.4, 0.5) is 0 Å². The lowest BCUT2D eigenvalue weighted by Gasteiger charge is -2.19. The van der Waals surface area contributed by atoms with Gasteiger partial charge >= 0.3 is 0 Å². The molecule has 0 N–H and O–H groups in total. The van der Waals surface area contributed by atoms with Crippen LogP contribution in [-0.2, 0) is 4.79 Å². The monoisotopic (exact) mass is 208 g/mol. The van der Waals surface area contributed by atoms with Gasteiger partial charge in [-0.3, -0.25) is 0 Å². The Hall–Kier alpha value is -1.89. The minimum atomic E-state index is 0.0195. The van der Waals surface area contributed by atoms with E-state index in [-0.39, 0.29) is 5.92 Å². The maximum Gasteiger partial charge on any atom is 0.127 e. The topological polar surface area (TPSA) is 17.1 Å². The van der Waals surface area contributed by atoms with E-state index < -0.39 is 0 Å². The zero-order valence-corrected chi connectivity index (χ0v) is 8.89. The number of aldehydes is 1. The van der Waals surface area contributed by atoms with Crippen LogP contribution in [0.1, 0.15) is 23.5 Å². The van der Waals surface area contributed by atoms with Gasteiger partial charge in [0.05, 0.1) is 0 Å². The molecule has 0 radical (unpaired) electrons. The number of hydrogen-bond acceptors (Lipinski definition) is 1. The van der Waals surface area contributed by atoms with Crippen molar-refractivity contribution in [3.8, 4) is 0 Å². The molecular weight excluding hydrogens is 196 g/mol. The van der Waals surface area contributed by atoms with Crippen LogP contribution in [0, 0.1) is 0 Å². The lowest BCUT2D eigenvalue weighted by molar-refractivity contribution is -0.109. The lowest BCUT2D eigenvalue weighted by Crippen LogP contribution is -2.05. The first-order valence-electron chi connectivity index (χ1n) is 5.53. The van der Waals surface area contributed by atoms with Crippen molar-refractivity contribution in [3.63, 3.8) is 0 Å². The van der Waals surface area contributed by atoms with Crippen molar-refractivity contribution in [2.45, 2.75) is 12.3 Å². The number of allylic oxidation sites excluding steroid dienone is 1. The zero-order chi connectivity index (χ0) is 11.0. The van der Waals surface area contributed by atoms with Crippen LogP contribution in [0.5, 0.6) is 0 Å². The van der Waals surface area contributed by atoms with Crippen LogP contribution in [-0.4, -0.2) is 6.29 Å². The molecule has 1 atom stereocenters. The van der Waals surface area contributed by atoms with E-state index in [4.69, 9.17) is 0 Å². The van der Waals surface area contributed by atoms with Crippen LogP contribution >= 0.6 is 0 Å². The second kappa shape index (κ2) is 3.60. The molecule has 16 heavy (non-hydrogen) atoms. The summed E-state index contributed by atoms with van der Waals surface area (Å²) in [7, 11) is 0. The van der Waals surface area contributed by atoms with Gasteiger partial charge in [-0.15, -0.1) is 0 Å². The fourth-order valence-electron chi connectivity index (χ4n) is 2.45. The first-order valence-corrected chi connectivity index (χ1v) is 5.53. The summed E-state index contributed by atoms with van der Waals surface area (Å²) in [6.07, 6.45) is 6.08. The van der Waals surface area contributed by atoms with Crippen molar-refractivity contribution in [3.05, 3.63) is 53.6 Å². The van der Waals surface area contributed by atoms with Gasteiger partial charge < -0.3 is 4.79 Å². The van der Waals surface area contributed by atoms with E-state index in [0.717, 1.165) is 12.7 Å². The summed E-state index contributed by atoms with van der Waals surface area (Å²) in [4.78, 5) is 11.1. The van der Waals surface area contributed by atoms with Gasteiger partial charge in [-0.2, -0.15) is 0 Å². The Labute approximate surface area is 94.4 Å². The third-order valence-electron chi connectivity index (χ3n) is 3.23. The van der Waals surface area contributed by atoms with Gasteiger partial charge in [-0.05, 0) is 28.3 Å². The molecule has 0 bridgehead atoms. The molecular formula is C15H12O. The predicted octanol–water partition coefficient (Wildman–Crippen LogP) is 3.54. The highest BCUT2D eigenvalue weighted by Gasteiger charge is 2.18. The molecule has 2 aromatic rings. The highest BCUT2D eigenvalue weighted by atomic mass is 16.1. The summed E-state index contributed by atoms with van der Waals surface area (Å²) in [5, 5.41) is 2.42. The third-order valence-corrected chi connectivity index (χ3v) is 3.23. The van der Waals surface area contributed by atoms with E-state index >= 15 is 0 Å². The number of carbonyl (C=O) groups is 1. The van der Waals surface area contributed by atoms with Crippen molar-refractivity contribution in [2.24, 2.45) is 0 Å². The number of hydrogen-bond donors (Lipinski definition) is 0. The minimum absolute atomic E-state index is 0.0195. The second-order valence-corrected chi connectivity index (χ2v) is 4.17. The molecule has 78 valence electrons. The summed E-state index contributed by atoms with van der Waals surface area (Å²) in [5.74, 6) is 0.0195. The first-order chi connectivity index (χ1) is 7.90. The molecule has 0 saturated carbocycles. The summed E-state index contributed by atoms with van der Waals surface area (Å²) in [5.41, 5.74) is 2.37. The Morgan fingerprint density at radius 1 is 1.12 bits per heavy atom. The van der Waals surface area contributed by atoms with Gasteiger partial charge in [0.25, 0.3) is 0 Å². The SMILES string of the molecule is O=CC1CC=Cc2ccc3ccccc3c21. The number of carbonyl (C=O) groups excluding carboxylic acids is 1. The predicted molar refractivity (Wildman–Crippen MR) is 66.4 cm³/mol. The molecule has 0 saturated heterocycles. The lowest BCUT2D eigenvalue weighted by atomic mass is 9.84. The van der Waals surface area contributed by atoms with Crippen molar-refractivity contribution < 1.29 is 4.79 Å². The number of rotatable bonds is 1. The summed E-state index contributed by atoms with van der Waals surface area (Å²) in [6, 6.07) is 12.5. The van der Waals surface area contributed by atoms with Crippen molar-refractivity contribution >= 4 is 23.1 Å². The molecule has 0 fully saturated rings. The fraction of sp³-hybridized carbons (Fsp3) is 0.133. The van der Waals surface area contributed by atoms with E-state index in [1.54, 1.807) is 0 Å². The summed E-state index contributed by atoms with van der Waals surface area (Å²) < 4.78 is 0. The minimum Gasteiger partial charge on any atom is -0.303 e. The molecule has 2 aromatic carbocycles. The molecule has 0 heterocycles. The third kappa shape index (κ3) is 1.28. The Morgan fingerprint density at radius 2 is 2.00 bits per heavy atom. The zero-order valence-electron chi connectivity index (χ0n) is 8.89. The molecule has 1 aliphatic rings.